The van der Waals surface area contributed by atoms with Crippen molar-refractivity contribution in [2.75, 3.05) is 0 Å². The van der Waals surface area contributed by atoms with Gasteiger partial charge in [-0.25, -0.2) is 4.98 Å². The third kappa shape index (κ3) is 3.68. The summed E-state index contributed by atoms with van der Waals surface area (Å²) in [6, 6.07) is 53.7. The standard InChI is InChI=1S/C43H24N2S2/c1-5-11-39-29(7-1)34-23-27(15-19-41(34)46-39)25-13-17-31-32(21-25)33-22-26(14-18-37(33)45-38-10-4-3-9-36(38)44-43(31)45)28-16-20-42-35(24-28)30-8-2-6-12-40(30)47-42/h1-24H. The summed E-state index contributed by atoms with van der Waals surface area (Å²) < 4.78 is 7.66. The maximum absolute atomic E-state index is 5.17. The Balaban J connectivity index is 1.19. The summed E-state index contributed by atoms with van der Waals surface area (Å²) in [7, 11) is 0. The Hall–Kier alpha value is -5.55. The second-order valence-electron chi connectivity index (χ2n) is 12.4. The first kappa shape index (κ1) is 25.6. The molecule has 0 aliphatic carbocycles. The van der Waals surface area contributed by atoms with Gasteiger partial charge in [0.25, 0.3) is 0 Å². The maximum Gasteiger partial charge on any atom is 0.146 e. The van der Waals surface area contributed by atoms with E-state index in [4.69, 9.17) is 4.98 Å². The van der Waals surface area contributed by atoms with Crippen LogP contribution in [0.2, 0.25) is 0 Å². The van der Waals surface area contributed by atoms with Crippen LogP contribution in [0.1, 0.15) is 0 Å². The van der Waals surface area contributed by atoms with Crippen LogP contribution in [0, 0.1) is 0 Å². The third-order valence-electron chi connectivity index (χ3n) is 9.77. The molecule has 2 nitrogen and oxygen atoms in total. The highest BCUT2D eigenvalue weighted by molar-refractivity contribution is 7.26. The zero-order chi connectivity index (χ0) is 30.6. The third-order valence-corrected chi connectivity index (χ3v) is 12.1. The van der Waals surface area contributed by atoms with Crippen molar-refractivity contribution >= 4 is 101 Å². The van der Waals surface area contributed by atoms with E-state index in [1.54, 1.807) is 0 Å². The molecule has 0 bridgehead atoms. The van der Waals surface area contributed by atoms with Crippen LogP contribution < -0.4 is 0 Å². The van der Waals surface area contributed by atoms with Gasteiger partial charge in [-0.3, -0.25) is 4.40 Å². The van der Waals surface area contributed by atoms with Gasteiger partial charge in [0.05, 0.1) is 16.6 Å². The molecule has 0 fully saturated rings. The van der Waals surface area contributed by atoms with Crippen LogP contribution in [0.4, 0.5) is 0 Å². The van der Waals surface area contributed by atoms with Gasteiger partial charge in [-0.1, -0.05) is 72.8 Å². The molecule has 7 aromatic carbocycles. The van der Waals surface area contributed by atoms with Gasteiger partial charge >= 0.3 is 0 Å². The average molecular weight is 633 g/mol. The van der Waals surface area contributed by atoms with E-state index < -0.39 is 0 Å². The molecule has 0 N–H and O–H groups in total. The fraction of sp³-hybridized carbons (Fsp3) is 0. The average Bonchev–Trinajstić information content (AvgIpc) is 3.82. The zero-order valence-electron chi connectivity index (χ0n) is 25.1. The maximum atomic E-state index is 5.17. The molecule has 0 spiro atoms. The summed E-state index contributed by atoms with van der Waals surface area (Å²) in [6.07, 6.45) is 0. The van der Waals surface area contributed by atoms with Crippen LogP contribution in [-0.4, -0.2) is 9.38 Å². The molecule has 0 saturated carbocycles. The minimum absolute atomic E-state index is 0.999. The molecule has 0 unspecified atom stereocenters. The molecule has 0 amide bonds. The molecular formula is C43H24N2S2. The molecule has 218 valence electrons. The van der Waals surface area contributed by atoms with Gasteiger partial charge in [-0.15, -0.1) is 22.7 Å². The van der Waals surface area contributed by atoms with Gasteiger partial charge in [-0.05, 0) is 100 Å². The minimum Gasteiger partial charge on any atom is -0.292 e. The van der Waals surface area contributed by atoms with E-state index in [1.807, 2.05) is 22.7 Å². The van der Waals surface area contributed by atoms with Crippen LogP contribution in [0.15, 0.2) is 146 Å². The minimum atomic E-state index is 0.999. The number of para-hydroxylation sites is 2. The van der Waals surface area contributed by atoms with Gasteiger partial charge in [0.1, 0.15) is 5.65 Å². The zero-order valence-corrected chi connectivity index (χ0v) is 26.7. The highest BCUT2D eigenvalue weighted by Gasteiger charge is 2.16. The molecule has 0 aliphatic rings. The van der Waals surface area contributed by atoms with Crippen LogP contribution in [0.5, 0.6) is 0 Å². The molecule has 11 rings (SSSR count). The van der Waals surface area contributed by atoms with E-state index in [1.165, 1.54) is 78.9 Å². The highest BCUT2D eigenvalue weighted by atomic mass is 32.1. The number of imidazole rings is 1. The lowest BCUT2D eigenvalue weighted by Crippen LogP contribution is -1.93. The van der Waals surface area contributed by atoms with Crippen molar-refractivity contribution in [2.24, 2.45) is 0 Å². The number of nitrogens with zero attached hydrogens (tertiary/aromatic N) is 2. The molecule has 4 aromatic heterocycles. The van der Waals surface area contributed by atoms with Crippen LogP contribution >= 0.6 is 22.7 Å². The van der Waals surface area contributed by atoms with Gasteiger partial charge in [0, 0.05) is 51.1 Å². The van der Waals surface area contributed by atoms with Crippen molar-refractivity contribution in [3.8, 4) is 22.3 Å². The lowest BCUT2D eigenvalue weighted by molar-refractivity contribution is 1.31. The number of rotatable bonds is 2. The van der Waals surface area contributed by atoms with Crippen molar-refractivity contribution in [3.05, 3.63) is 146 Å². The fourth-order valence-electron chi connectivity index (χ4n) is 7.53. The Kier molecular flexibility index (Phi) is 5.17. The van der Waals surface area contributed by atoms with E-state index in [2.05, 4.69) is 150 Å². The summed E-state index contributed by atoms with van der Waals surface area (Å²) in [5.74, 6) is 0. The SMILES string of the molecule is c1ccc2c(c1)nc1c3ccc(-c4ccc5sc6ccccc6c5c4)cc3c3cc(-c4ccc5sc6ccccc6c5c4)ccc3n21. The Labute approximate surface area is 277 Å². The van der Waals surface area contributed by atoms with E-state index in [0.29, 0.717) is 0 Å². The van der Waals surface area contributed by atoms with Crippen LogP contribution in [-0.2, 0) is 0 Å². The summed E-state index contributed by atoms with van der Waals surface area (Å²) in [4.78, 5) is 5.17. The molecule has 4 heterocycles. The fourth-order valence-corrected chi connectivity index (χ4v) is 9.70. The second-order valence-corrected chi connectivity index (χ2v) is 14.5. The van der Waals surface area contributed by atoms with Gasteiger partial charge < -0.3 is 0 Å². The lowest BCUT2D eigenvalue weighted by Gasteiger charge is -2.13. The number of aromatic nitrogens is 2. The lowest BCUT2D eigenvalue weighted by atomic mass is 9.95. The molecule has 4 heteroatoms. The number of hydrogen-bond donors (Lipinski definition) is 0. The van der Waals surface area contributed by atoms with Crippen molar-refractivity contribution in [1.29, 1.82) is 0 Å². The van der Waals surface area contributed by atoms with Crippen molar-refractivity contribution in [1.82, 2.24) is 9.38 Å². The summed E-state index contributed by atoms with van der Waals surface area (Å²) >= 11 is 3.73. The van der Waals surface area contributed by atoms with Crippen LogP contribution in [0.3, 0.4) is 0 Å². The first-order valence-electron chi connectivity index (χ1n) is 15.9. The van der Waals surface area contributed by atoms with E-state index >= 15 is 0 Å². The second kappa shape index (κ2) is 9.49. The van der Waals surface area contributed by atoms with E-state index in [9.17, 15) is 0 Å². The van der Waals surface area contributed by atoms with Gasteiger partial charge in [0.2, 0.25) is 0 Å². The molecule has 0 saturated heterocycles. The van der Waals surface area contributed by atoms with Crippen molar-refractivity contribution in [2.45, 2.75) is 0 Å². The monoisotopic (exact) mass is 632 g/mol. The summed E-state index contributed by atoms with van der Waals surface area (Å²) in [5, 5.41) is 8.91. The molecule has 11 aromatic rings. The Morgan fingerprint density at radius 1 is 0.362 bits per heavy atom. The highest BCUT2D eigenvalue weighted by Crippen LogP contribution is 2.41. The molecule has 0 aliphatic heterocycles. The van der Waals surface area contributed by atoms with Gasteiger partial charge in [0.15, 0.2) is 0 Å². The molecule has 0 atom stereocenters. The van der Waals surface area contributed by atoms with E-state index in [-0.39, 0.29) is 0 Å². The molecule has 47 heavy (non-hydrogen) atoms. The summed E-state index contributed by atoms with van der Waals surface area (Å²) in [5.41, 5.74) is 9.21. The first-order valence-corrected chi connectivity index (χ1v) is 17.5. The predicted octanol–water partition coefficient (Wildman–Crippen LogP) is 12.9. The topological polar surface area (TPSA) is 17.3 Å². The normalized spacial score (nSPS) is 12.3. The Morgan fingerprint density at radius 3 is 1.55 bits per heavy atom. The Morgan fingerprint density at radius 2 is 0.872 bits per heavy atom. The number of fused-ring (bicyclic) bond motifs is 14. The van der Waals surface area contributed by atoms with Crippen molar-refractivity contribution < 1.29 is 0 Å². The molecular weight excluding hydrogens is 609 g/mol. The van der Waals surface area contributed by atoms with Gasteiger partial charge in [-0.2, -0.15) is 0 Å². The smallest absolute Gasteiger partial charge is 0.146 e. The number of hydrogen-bond acceptors (Lipinski definition) is 3. The summed E-state index contributed by atoms with van der Waals surface area (Å²) in [6.45, 7) is 0. The largest absolute Gasteiger partial charge is 0.292 e. The Bertz CT molecular complexity index is 3080. The number of pyridine rings is 1. The first-order chi connectivity index (χ1) is 23.3. The van der Waals surface area contributed by atoms with Crippen molar-refractivity contribution in [3.63, 3.8) is 0 Å². The number of thiophene rings is 2. The van der Waals surface area contributed by atoms with Crippen LogP contribution in [0.25, 0.3) is 101 Å². The predicted molar refractivity (Wildman–Crippen MR) is 204 cm³/mol. The van der Waals surface area contributed by atoms with E-state index in [0.717, 1.165) is 22.1 Å². The number of benzene rings is 7. The quantitative estimate of drug-likeness (QED) is 0.173. The molecule has 0 radical (unpaired) electrons.